The number of aliphatic carboxylic acids is 1. The van der Waals surface area contributed by atoms with E-state index in [1.807, 2.05) is 6.92 Å². The zero-order valence-electron chi connectivity index (χ0n) is 10.9. The van der Waals surface area contributed by atoms with Gasteiger partial charge < -0.3 is 15.3 Å². The first-order valence-electron chi connectivity index (χ1n) is 6.45. The molecule has 1 fully saturated rings. The molecule has 0 unspecified atom stereocenters. The Hall–Kier alpha value is -0.870. The van der Waals surface area contributed by atoms with Crippen molar-refractivity contribution in [2.24, 2.45) is 5.92 Å². The van der Waals surface area contributed by atoms with Crippen molar-refractivity contribution >= 4 is 5.97 Å². The lowest BCUT2D eigenvalue weighted by Crippen LogP contribution is -2.37. The Balaban J connectivity index is 2.14. The monoisotopic (exact) mass is 240 g/mol. The zero-order chi connectivity index (χ0) is 12.7. The molecule has 1 aliphatic rings. The van der Waals surface area contributed by atoms with Gasteiger partial charge in [-0.1, -0.05) is 12.5 Å². The summed E-state index contributed by atoms with van der Waals surface area (Å²) in [5.74, 6) is -0.115. The number of nitrogens with zero attached hydrogens (tertiary/aromatic N) is 1. The molecule has 0 amide bonds. The summed E-state index contributed by atoms with van der Waals surface area (Å²) in [4.78, 5) is 12.9. The van der Waals surface area contributed by atoms with Gasteiger partial charge in [0.05, 0.1) is 0 Å². The molecule has 0 bridgehead atoms. The lowest BCUT2D eigenvalue weighted by molar-refractivity contribution is -0.131. The SMILES string of the molecule is CCN1CCC(CNCC(C)=CC(=O)O)CC1. The summed E-state index contributed by atoms with van der Waals surface area (Å²) in [7, 11) is 0. The van der Waals surface area contributed by atoms with Gasteiger partial charge in [0.25, 0.3) is 0 Å². The topological polar surface area (TPSA) is 52.6 Å². The maximum absolute atomic E-state index is 10.4. The number of nitrogens with one attached hydrogen (secondary N) is 1. The largest absolute Gasteiger partial charge is 0.478 e. The third kappa shape index (κ3) is 5.84. The highest BCUT2D eigenvalue weighted by Crippen LogP contribution is 2.15. The molecule has 0 spiro atoms. The van der Waals surface area contributed by atoms with Gasteiger partial charge in [-0.2, -0.15) is 0 Å². The van der Waals surface area contributed by atoms with Crippen LogP contribution in [-0.2, 0) is 4.79 Å². The van der Waals surface area contributed by atoms with Crippen LogP contribution in [0.5, 0.6) is 0 Å². The lowest BCUT2D eigenvalue weighted by Gasteiger charge is -2.31. The fraction of sp³-hybridized carbons (Fsp3) is 0.769. The van der Waals surface area contributed by atoms with Crippen molar-refractivity contribution in [3.05, 3.63) is 11.6 Å². The van der Waals surface area contributed by atoms with Gasteiger partial charge >= 0.3 is 5.97 Å². The van der Waals surface area contributed by atoms with Crippen LogP contribution in [0.2, 0.25) is 0 Å². The number of hydrogen-bond acceptors (Lipinski definition) is 3. The van der Waals surface area contributed by atoms with Crippen LogP contribution in [0.3, 0.4) is 0 Å². The number of carboxylic acids is 1. The molecule has 1 heterocycles. The molecule has 2 N–H and O–H groups in total. The highest BCUT2D eigenvalue weighted by Gasteiger charge is 2.17. The van der Waals surface area contributed by atoms with Crippen molar-refractivity contribution in [2.45, 2.75) is 26.7 Å². The van der Waals surface area contributed by atoms with Gasteiger partial charge in [-0.25, -0.2) is 4.79 Å². The van der Waals surface area contributed by atoms with Crippen LogP contribution in [0.25, 0.3) is 0 Å². The smallest absolute Gasteiger partial charge is 0.328 e. The summed E-state index contributed by atoms with van der Waals surface area (Å²) in [5.41, 5.74) is 0.878. The van der Waals surface area contributed by atoms with E-state index in [1.165, 1.54) is 32.0 Å². The average Bonchev–Trinajstić information content (AvgIpc) is 2.29. The van der Waals surface area contributed by atoms with Gasteiger partial charge in [0.1, 0.15) is 0 Å². The second-order valence-electron chi connectivity index (χ2n) is 4.84. The van der Waals surface area contributed by atoms with Crippen molar-refractivity contribution in [1.29, 1.82) is 0 Å². The van der Waals surface area contributed by atoms with Gasteiger partial charge in [0.15, 0.2) is 0 Å². The van der Waals surface area contributed by atoms with E-state index in [4.69, 9.17) is 5.11 Å². The minimum atomic E-state index is -0.861. The van der Waals surface area contributed by atoms with Crippen LogP contribution in [0.4, 0.5) is 0 Å². The molecule has 98 valence electrons. The molecular weight excluding hydrogens is 216 g/mol. The first-order chi connectivity index (χ1) is 8.11. The molecular formula is C13H24N2O2. The molecule has 1 aliphatic heterocycles. The summed E-state index contributed by atoms with van der Waals surface area (Å²) in [5, 5.41) is 11.9. The van der Waals surface area contributed by atoms with Crippen LogP contribution in [0, 0.1) is 5.92 Å². The molecule has 0 aliphatic carbocycles. The van der Waals surface area contributed by atoms with Gasteiger partial charge in [-0.3, -0.25) is 0 Å². The van der Waals surface area contributed by atoms with E-state index >= 15 is 0 Å². The summed E-state index contributed by atoms with van der Waals surface area (Å²) >= 11 is 0. The molecule has 17 heavy (non-hydrogen) atoms. The van der Waals surface area contributed by atoms with Crippen molar-refractivity contribution in [3.8, 4) is 0 Å². The second kappa shape index (κ2) is 7.45. The van der Waals surface area contributed by atoms with Crippen LogP contribution in [0.15, 0.2) is 11.6 Å². The van der Waals surface area contributed by atoms with E-state index in [0.29, 0.717) is 6.54 Å². The average molecular weight is 240 g/mol. The minimum absolute atomic E-state index is 0.681. The number of piperidine rings is 1. The van der Waals surface area contributed by atoms with Crippen molar-refractivity contribution in [2.75, 3.05) is 32.7 Å². The first-order valence-corrected chi connectivity index (χ1v) is 6.45. The summed E-state index contributed by atoms with van der Waals surface area (Å²) < 4.78 is 0. The predicted molar refractivity (Wildman–Crippen MR) is 69.1 cm³/mol. The Morgan fingerprint density at radius 1 is 1.47 bits per heavy atom. The summed E-state index contributed by atoms with van der Waals surface area (Å²) in [6, 6.07) is 0. The Morgan fingerprint density at radius 3 is 2.65 bits per heavy atom. The molecule has 0 aromatic heterocycles. The number of rotatable bonds is 6. The maximum Gasteiger partial charge on any atom is 0.328 e. The molecule has 1 rings (SSSR count). The molecule has 0 saturated carbocycles. The fourth-order valence-corrected chi connectivity index (χ4v) is 2.24. The molecule has 0 aromatic carbocycles. The quantitative estimate of drug-likeness (QED) is 0.688. The maximum atomic E-state index is 10.4. The molecule has 0 atom stereocenters. The Morgan fingerprint density at radius 2 is 2.12 bits per heavy atom. The Bertz CT molecular complexity index is 269. The normalized spacial score (nSPS) is 19.5. The number of hydrogen-bond donors (Lipinski definition) is 2. The third-order valence-electron chi connectivity index (χ3n) is 3.36. The minimum Gasteiger partial charge on any atom is -0.478 e. The van der Waals surface area contributed by atoms with E-state index in [0.717, 1.165) is 24.6 Å². The van der Waals surface area contributed by atoms with E-state index in [2.05, 4.69) is 17.1 Å². The second-order valence-corrected chi connectivity index (χ2v) is 4.84. The van der Waals surface area contributed by atoms with Crippen molar-refractivity contribution in [3.63, 3.8) is 0 Å². The van der Waals surface area contributed by atoms with Crippen LogP contribution in [0.1, 0.15) is 26.7 Å². The summed E-state index contributed by atoms with van der Waals surface area (Å²) in [6.45, 7) is 9.29. The zero-order valence-corrected chi connectivity index (χ0v) is 10.9. The fourth-order valence-electron chi connectivity index (χ4n) is 2.24. The van der Waals surface area contributed by atoms with Crippen LogP contribution < -0.4 is 5.32 Å². The van der Waals surface area contributed by atoms with E-state index in [1.54, 1.807) is 0 Å². The lowest BCUT2D eigenvalue weighted by atomic mass is 9.97. The van der Waals surface area contributed by atoms with Crippen molar-refractivity contribution < 1.29 is 9.90 Å². The first kappa shape index (κ1) is 14.2. The molecule has 0 aromatic rings. The molecule has 4 heteroatoms. The summed E-state index contributed by atoms with van der Waals surface area (Å²) in [6.07, 6.45) is 3.78. The Kier molecular flexibility index (Phi) is 6.22. The number of carbonyl (C=O) groups is 1. The molecule has 4 nitrogen and oxygen atoms in total. The Labute approximate surface area is 104 Å². The molecule has 0 radical (unpaired) electrons. The van der Waals surface area contributed by atoms with Gasteiger partial charge in [-0.05, 0) is 51.9 Å². The number of likely N-dealkylation sites (tertiary alicyclic amines) is 1. The highest BCUT2D eigenvalue weighted by molar-refractivity contribution is 5.80. The highest BCUT2D eigenvalue weighted by atomic mass is 16.4. The van der Waals surface area contributed by atoms with E-state index in [-0.39, 0.29) is 0 Å². The van der Waals surface area contributed by atoms with Gasteiger partial charge in [-0.15, -0.1) is 0 Å². The molecule has 1 saturated heterocycles. The predicted octanol–water partition coefficient (Wildman–Crippen LogP) is 1.34. The van der Waals surface area contributed by atoms with Crippen LogP contribution in [-0.4, -0.2) is 48.7 Å². The standard InChI is InChI=1S/C13H24N2O2/c1-3-15-6-4-12(5-7-15)10-14-9-11(2)8-13(16)17/h8,12,14H,3-7,9-10H2,1-2H3,(H,16,17). The van der Waals surface area contributed by atoms with Crippen LogP contribution >= 0.6 is 0 Å². The van der Waals surface area contributed by atoms with Gasteiger partial charge in [0, 0.05) is 12.6 Å². The van der Waals surface area contributed by atoms with E-state index in [9.17, 15) is 4.79 Å². The number of carboxylic acid groups (broad SMARTS) is 1. The van der Waals surface area contributed by atoms with Gasteiger partial charge in [0.2, 0.25) is 0 Å². The van der Waals surface area contributed by atoms with E-state index < -0.39 is 5.97 Å². The van der Waals surface area contributed by atoms with Crippen molar-refractivity contribution in [1.82, 2.24) is 10.2 Å². The third-order valence-corrected chi connectivity index (χ3v) is 3.36.